The van der Waals surface area contributed by atoms with Crippen molar-refractivity contribution in [2.45, 2.75) is 38.0 Å². The van der Waals surface area contributed by atoms with E-state index in [0.29, 0.717) is 0 Å². The van der Waals surface area contributed by atoms with Gasteiger partial charge in [-0.1, -0.05) is 0 Å². The minimum atomic E-state index is -0.301. The predicted octanol–water partition coefficient (Wildman–Crippen LogP) is 1.03. The Hall–Kier alpha value is 0.0300. The van der Waals surface area contributed by atoms with Crippen molar-refractivity contribution in [1.82, 2.24) is 10.6 Å². The van der Waals surface area contributed by atoms with Crippen LogP contribution in [0.4, 0.5) is 0 Å². The predicted molar refractivity (Wildman–Crippen MR) is 79.5 cm³/mol. The number of piperidine rings is 1. The average Bonchev–Trinajstić information content (AvgIpc) is 2.31. The van der Waals surface area contributed by atoms with Crippen molar-refractivity contribution in [3.05, 3.63) is 0 Å². The highest BCUT2D eigenvalue weighted by atomic mass is 35.5. The number of nitrogens with one attached hydrogen (secondary N) is 2. The molecule has 0 aromatic heterocycles. The molecule has 0 bridgehead atoms. The second-order valence-electron chi connectivity index (χ2n) is 5.06. The number of hydrogen-bond donors (Lipinski definition) is 3. The van der Waals surface area contributed by atoms with E-state index in [1.165, 1.54) is 0 Å². The Morgan fingerprint density at radius 2 is 2.28 bits per heavy atom. The van der Waals surface area contributed by atoms with E-state index in [9.17, 15) is 9.90 Å². The van der Waals surface area contributed by atoms with Gasteiger partial charge in [-0.05, 0) is 39.5 Å². The van der Waals surface area contributed by atoms with Crippen molar-refractivity contribution in [2.24, 2.45) is 5.41 Å². The van der Waals surface area contributed by atoms with Crippen LogP contribution in [0.2, 0.25) is 0 Å². The van der Waals surface area contributed by atoms with Crippen LogP contribution in [0.5, 0.6) is 0 Å². The highest BCUT2D eigenvalue weighted by molar-refractivity contribution is 7.99. The lowest BCUT2D eigenvalue weighted by atomic mass is 9.81. The first-order chi connectivity index (χ1) is 8.03. The second kappa shape index (κ2) is 8.25. The zero-order chi connectivity index (χ0) is 12.9. The average molecular weight is 297 g/mol. The standard InChI is InChI=1S/C12H24N2O2S.ClH/c1-9(10(7-15)17-3)14-11(16)12(2)5-4-6-13-8-12;/h9-10,13,15H,4-8H2,1-3H3,(H,14,16);1H. The van der Waals surface area contributed by atoms with Gasteiger partial charge < -0.3 is 15.7 Å². The van der Waals surface area contributed by atoms with Crippen molar-refractivity contribution in [3.63, 3.8) is 0 Å². The van der Waals surface area contributed by atoms with Crippen LogP contribution in [0, 0.1) is 5.41 Å². The topological polar surface area (TPSA) is 61.4 Å². The number of carbonyl (C=O) groups is 1. The molecule has 0 aliphatic carbocycles. The van der Waals surface area contributed by atoms with E-state index in [4.69, 9.17) is 0 Å². The first kappa shape index (κ1) is 18.0. The van der Waals surface area contributed by atoms with Gasteiger partial charge in [0.25, 0.3) is 0 Å². The molecule has 1 rings (SSSR count). The normalized spacial score (nSPS) is 26.9. The lowest BCUT2D eigenvalue weighted by Crippen LogP contribution is -2.52. The highest BCUT2D eigenvalue weighted by Gasteiger charge is 2.35. The Balaban J connectivity index is 0.00000289. The van der Waals surface area contributed by atoms with Gasteiger partial charge in [-0.3, -0.25) is 4.79 Å². The number of aliphatic hydroxyl groups is 1. The fourth-order valence-electron chi connectivity index (χ4n) is 2.16. The number of hydrogen-bond acceptors (Lipinski definition) is 4. The zero-order valence-electron chi connectivity index (χ0n) is 11.4. The summed E-state index contributed by atoms with van der Waals surface area (Å²) in [5.74, 6) is 0.102. The summed E-state index contributed by atoms with van der Waals surface area (Å²) in [6, 6.07) is 0.00116. The molecule has 3 N–H and O–H groups in total. The van der Waals surface area contributed by atoms with Gasteiger partial charge >= 0.3 is 0 Å². The highest BCUT2D eigenvalue weighted by Crippen LogP contribution is 2.26. The van der Waals surface area contributed by atoms with Gasteiger partial charge in [0.2, 0.25) is 5.91 Å². The van der Waals surface area contributed by atoms with E-state index < -0.39 is 0 Å². The van der Waals surface area contributed by atoms with E-state index >= 15 is 0 Å². The molecule has 1 fully saturated rings. The van der Waals surface area contributed by atoms with Crippen LogP contribution in [-0.4, -0.2) is 48.3 Å². The fourth-order valence-corrected chi connectivity index (χ4v) is 2.79. The van der Waals surface area contributed by atoms with Crippen molar-refractivity contribution < 1.29 is 9.90 Å². The van der Waals surface area contributed by atoms with E-state index in [1.807, 2.05) is 20.1 Å². The molecule has 4 nitrogen and oxygen atoms in total. The SMILES string of the molecule is CSC(CO)C(C)NC(=O)C1(C)CCCNC1.Cl. The summed E-state index contributed by atoms with van der Waals surface area (Å²) < 4.78 is 0. The van der Waals surface area contributed by atoms with Gasteiger partial charge in [0.05, 0.1) is 12.0 Å². The molecule has 3 atom stereocenters. The third-order valence-electron chi connectivity index (χ3n) is 3.54. The summed E-state index contributed by atoms with van der Waals surface area (Å²) in [6.07, 6.45) is 3.93. The molecular weight excluding hydrogens is 272 g/mol. The molecule has 6 heteroatoms. The van der Waals surface area contributed by atoms with Crippen molar-refractivity contribution >= 4 is 30.1 Å². The van der Waals surface area contributed by atoms with Gasteiger partial charge in [0, 0.05) is 17.8 Å². The van der Waals surface area contributed by atoms with E-state index in [2.05, 4.69) is 10.6 Å². The van der Waals surface area contributed by atoms with E-state index in [0.717, 1.165) is 25.9 Å². The Labute approximate surface area is 120 Å². The number of carbonyl (C=O) groups excluding carboxylic acids is 1. The molecule has 1 saturated heterocycles. The Bertz CT molecular complexity index is 256. The van der Waals surface area contributed by atoms with Crippen LogP contribution in [0.25, 0.3) is 0 Å². The van der Waals surface area contributed by atoms with Crippen LogP contribution >= 0.6 is 24.2 Å². The third-order valence-corrected chi connectivity index (χ3v) is 4.71. The molecule has 0 radical (unpaired) electrons. The van der Waals surface area contributed by atoms with Gasteiger partial charge in [0.15, 0.2) is 0 Å². The summed E-state index contributed by atoms with van der Waals surface area (Å²) in [5.41, 5.74) is -0.301. The van der Waals surface area contributed by atoms with Crippen molar-refractivity contribution in [3.8, 4) is 0 Å². The number of rotatable bonds is 5. The third kappa shape index (κ3) is 4.61. The maximum Gasteiger partial charge on any atom is 0.227 e. The Morgan fingerprint density at radius 3 is 2.72 bits per heavy atom. The largest absolute Gasteiger partial charge is 0.395 e. The van der Waals surface area contributed by atoms with Crippen LogP contribution in [0.3, 0.4) is 0 Å². The monoisotopic (exact) mass is 296 g/mol. The van der Waals surface area contributed by atoms with E-state index in [1.54, 1.807) is 11.8 Å². The van der Waals surface area contributed by atoms with Gasteiger partial charge in [0.1, 0.15) is 0 Å². The molecule has 0 aromatic carbocycles. The van der Waals surface area contributed by atoms with Gasteiger partial charge in [-0.15, -0.1) is 12.4 Å². The summed E-state index contributed by atoms with van der Waals surface area (Å²) in [6.45, 7) is 5.80. The smallest absolute Gasteiger partial charge is 0.227 e. The molecule has 18 heavy (non-hydrogen) atoms. The lowest BCUT2D eigenvalue weighted by molar-refractivity contribution is -0.131. The summed E-state index contributed by atoms with van der Waals surface area (Å²) in [5, 5.41) is 15.6. The molecule has 0 aromatic rings. The van der Waals surface area contributed by atoms with Crippen molar-refractivity contribution in [1.29, 1.82) is 0 Å². The lowest BCUT2D eigenvalue weighted by Gasteiger charge is -2.34. The molecule has 3 unspecified atom stereocenters. The maximum atomic E-state index is 12.2. The van der Waals surface area contributed by atoms with Crippen molar-refractivity contribution in [2.75, 3.05) is 26.0 Å². The number of amides is 1. The number of halogens is 1. The summed E-state index contributed by atoms with van der Waals surface area (Å²) in [4.78, 5) is 12.2. The molecule has 0 spiro atoms. The number of thioether (sulfide) groups is 1. The fraction of sp³-hybridized carbons (Fsp3) is 0.917. The van der Waals surface area contributed by atoms with Crippen LogP contribution < -0.4 is 10.6 Å². The molecule has 1 amide bonds. The van der Waals surface area contributed by atoms with Crippen LogP contribution in [0.15, 0.2) is 0 Å². The van der Waals surface area contributed by atoms with Crippen LogP contribution in [-0.2, 0) is 4.79 Å². The minimum absolute atomic E-state index is 0. The molecule has 1 aliphatic heterocycles. The first-order valence-corrected chi connectivity index (χ1v) is 7.47. The first-order valence-electron chi connectivity index (χ1n) is 6.19. The molecule has 1 aliphatic rings. The second-order valence-corrected chi connectivity index (χ2v) is 6.14. The quantitative estimate of drug-likeness (QED) is 0.709. The Kier molecular flexibility index (Phi) is 8.26. The summed E-state index contributed by atoms with van der Waals surface area (Å²) >= 11 is 1.59. The molecule has 0 saturated carbocycles. The van der Waals surface area contributed by atoms with E-state index in [-0.39, 0.29) is 41.6 Å². The summed E-state index contributed by atoms with van der Waals surface area (Å²) in [7, 11) is 0. The van der Waals surface area contributed by atoms with Crippen LogP contribution in [0.1, 0.15) is 26.7 Å². The minimum Gasteiger partial charge on any atom is -0.395 e. The maximum absolute atomic E-state index is 12.2. The molecule has 1 heterocycles. The Morgan fingerprint density at radius 1 is 1.61 bits per heavy atom. The molecular formula is C12H25ClN2O2S. The van der Waals surface area contributed by atoms with Gasteiger partial charge in [-0.2, -0.15) is 11.8 Å². The molecule has 108 valence electrons. The zero-order valence-corrected chi connectivity index (χ0v) is 13.0. The van der Waals surface area contributed by atoms with Gasteiger partial charge in [-0.25, -0.2) is 0 Å². The number of aliphatic hydroxyl groups excluding tert-OH is 1.